The van der Waals surface area contributed by atoms with Crippen LogP contribution in [-0.4, -0.2) is 49.6 Å². The van der Waals surface area contributed by atoms with E-state index in [2.05, 4.69) is 9.71 Å². The van der Waals surface area contributed by atoms with Gasteiger partial charge in [0.2, 0.25) is 15.9 Å². The summed E-state index contributed by atoms with van der Waals surface area (Å²) >= 11 is 0. The van der Waals surface area contributed by atoms with E-state index in [-0.39, 0.29) is 17.4 Å². The third kappa shape index (κ3) is 3.47. The summed E-state index contributed by atoms with van der Waals surface area (Å²) in [5.74, 6) is 0.107. The molecule has 7 heteroatoms. The highest BCUT2D eigenvalue weighted by molar-refractivity contribution is 7.88. The van der Waals surface area contributed by atoms with Crippen molar-refractivity contribution in [3.8, 4) is 0 Å². The summed E-state index contributed by atoms with van der Waals surface area (Å²) in [5, 5.41) is 0. The van der Waals surface area contributed by atoms with Gasteiger partial charge in [-0.15, -0.1) is 0 Å². The van der Waals surface area contributed by atoms with Gasteiger partial charge >= 0.3 is 0 Å². The number of sulfonamides is 1. The van der Waals surface area contributed by atoms with Crippen molar-refractivity contribution in [2.45, 2.75) is 31.7 Å². The maximum Gasteiger partial charge on any atom is 0.228 e. The fraction of sp³-hybridized carbons (Fsp3) is 0.600. The van der Waals surface area contributed by atoms with E-state index in [1.165, 1.54) is 6.26 Å². The van der Waals surface area contributed by atoms with Crippen LogP contribution in [0.4, 0.5) is 0 Å². The maximum absolute atomic E-state index is 12.3. The summed E-state index contributed by atoms with van der Waals surface area (Å²) in [6, 6.07) is 5.61. The standard InChI is InChI=1S/C15H21N3O3S/c1-22(20,21)17-13-9-15(10-13)5-7-18(11-15)14(19)8-12-4-2-3-6-16-12/h2-4,6,13,17H,5,7-11H2,1H3. The molecule has 1 aliphatic carbocycles. The molecule has 1 spiro atoms. The molecule has 0 bridgehead atoms. The Kier molecular flexibility index (Phi) is 3.94. The van der Waals surface area contributed by atoms with Crippen molar-refractivity contribution in [2.24, 2.45) is 5.41 Å². The Morgan fingerprint density at radius 2 is 2.23 bits per heavy atom. The first kappa shape index (κ1) is 15.4. The predicted octanol–water partition coefficient (Wildman–Crippen LogP) is 0.554. The number of amides is 1. The molecule has 1 saturated heterocycles. The maximum atomic E-state index is 12.3. The molecule has 2 aliphatic rings. The monoisotopic (exact) mass is 323 g/mol. The Morgan fingerprint density at radius 3 is 2.86 bits per heavy atom. The molecule has 1 saturated carbocycles. The Morgan fingerprint density at radius 1 is 1.45 bits per heavy atom. The summed E-state index contributed by atoms with van der Waals surface area (Å²) in [4.78, 5) is 18.4. The molecule has 1 amide bonds. The lowest BCUT2D eigenvalue weighted by atomic mass is 9.65. The number of hydrogen-bond donors (Lipinski definition) is 1. The van der Waals surface area contributed by atoms with Gasteiger partial charge in [-0.3, -0.25) is 9.78 Å². The normalized spacial score (nSPS) is 27.9. The molecule has 1 aliphatic heterocycles. The van der Waals surface area contributed by atoms with Crippen LogP contribution < -0.4 is 4.72 Å². The summed E-state index contributed by atoms with van der Waals surface area (Å²) in [5.41, 5.74) is 0.904. The Bertz CT molecular complexity index is 654. The minimum Gasteiger partial charge on any atom is -0.342 e. The second kappa shape index (κ2) is 5.62. The van der Waals surface area contributed by atoms with Crippen molar-refractivity contribution < 1.29 is 13.2 Å². The Balaban J connectivity index is 1.52. The van der Waals surface area contributed by atoms with Gasteiger partial charge in [-0.1, -0.05) is 6.07 Å². The van der Waals surface area contributed by atoms with E-state index >= 15 is 0 Å². The van der Waals surface area contributed by atoms with E-state index < -0.39 is 10.0 Å². The molecule has 1 N–H and O–H groups in total. The van der Waals surface area contributed by atoms with Crippen LogP contribution in [0, 0.1) is 5.41 Å². The summed E-state index contributed by atoms with van der Waals surface area (Å²) in [7, 11) is -3.14. The van der Waals surface area contributed by atoms with E-state index in [9.17, 15) is 13.2 Å². The third-order valence-electron chi connectivity index (χ3n) is 4.59. The average Bonchev–Trinajstić information content (AvgIpc) is 2.83. The van der Waals surface area contributed by atoms with Gasteiger partial charge in [0.1, 0.15) is 0 Å². The first-order valence-corrected chi connectivity index (χ1v) is 9.39. The van der Waals surface area contributed by atoms with Gasteiger partial charge in [0.15, 0.2) is 0 Å². The number of nitrogens with zero attached hydrogens (tertiary/aromatic N) is 2. The molecule has 0 radical (unpaired) electrons. The van der Waals surface area contributed by atoms with Gasteiger partial charge in [0.05, 0.1) is 12.7 Å². The van der Waals surface area contributed by atoms with Gasteiger partial charge < -0.3 is 4.90 Å². The second-order valence-electron chi connectivity index (χ2n) is 6.56. The van der Waals surface area contributed by atoms with Crippen molar-refractivity contribution in [3.05, 3.63) is 30.1 Å². The van der Waals surface area contributed by atoms with Crippen LogP contribution in [0.1, 0.15) is 25.0 Å². The highest BCUT2D eigenvalue weighted by atomic mass is 32.2. The van der Waals surface area contributed by atoms with Gasteiger partial charge in [0.25, 0.3) is 0 Å². The molecule has 0 unspecified atom stereocenters. The minimum atomic E-state index is -3.14. The van der Waals surface area contributed by atoms with E-state index in [1.807, 2.05) is 23.1 Å². The molecular formula is C15H21N3O3S. The number of carbonyl (C=O) groups is 1. The smallest absolute Gasteiger partial charge is 0.228 e. The lowest BCUT2D eigenvalue weighted by Gasteiger charge is -2.45. The minimum absolute atomic E-state index is 0.0286. The van der Waals surface area contributed by atoms with Crippen LogP contribution in [0.25, 0.3) is 0 Å². The van der Waals surface area contributed by atoms with Crippen LogP contribution >= 0.6 is 0 Å². The van der Waals surface area contributed by atoms with Crippen LogP contribution in [0.5, 0.6) is 0 Å². The molecular weight excluding hydrogens is 302 g/mol. The summed E-state index contributed by atoms with van der Waals surface area (Å²) in [6.45, 7) is 1.50. The number of rotatable bonds is 4. The molecule has 1 aromatic heterocycles. The van der Waals surface area contributed by atoms with Crippen LogP contribution in [0.3, 0.4) is 0 Å². The van der Waals surface area contributed by atoms with Crippen LogP contribution in [0.15, 0.2) is 24.4 Å². The van der Waals surface area contributed by atoms with Gasteiger partial charge in [-0.25, -0.2) is 13.1 Å². The highest BCUT2D eigenvalue weighted by Crippen LogP contribution is 2.48. The summed E-state index contributed by atoms with van der Waals surface area (Å²) in [6.07, 6.45) is 5.84. The number of likely N-dealkylation sites (tertiary alicyclic amines) is 1. The van der Waals surface area contributed by atoms with Gasteiger partial charge in [-0.2, -0.15) is 0 Å². The fourth-order valence-corrected chi connectivity index (χ4v) is 4.39. The first-order valence-electron chi connectivity index (χ1n) is 7.50. The van der Waals surface area contributed by atoms with Crippen molar-refractivity contribution in [2.75, 3.05) is 19.3 Å². The zero-order chi connectivity index (χ0) is 15.8. The molecule has 0 aromatic carbocycles. The van der Waals surface area contributed by atoms with E-state index in [1.54, 1.807) is 6.20 Å². The fourth-order valence-electron chi connectivity index (χ4n) is 3.62. The predicted molar refractivity (Wildman–Crippen MR) is 82.6 cm³/mol. The molecule has 2 heterocycles. The second-order valence-corrected chi connectivity index (χ2v) is 8.34. The molecule has 6 nitrogen and oxygen atoms in total. The molecule has 3 rings (SSSR count). The lowest BCUT2D eigenvalue weighted by molar-refractivity contribution is -0.130. The SMILES string of the molecule is CS(=O)(=O)NC1CC2(CCN(C(=O)Cc3ccccn3)C2)C1. The Hall–Kier alpha value is -1.47. The number of pyridine rings is 1. The molecule has 2 fully saturated rings. The first-order chi connectivity index (χ1) is 10.4. The number of carbonyl (C=O) groups excluding carboxylic acids is 1. The van der Waals surface area contributed by atoms with Crippen LogP contribution in [-0.2, 0) is 21.2 Å². The quantitative estimate of drug-likeness (QED) is 0.878. The topological polar surface area (TPSA) is 79.4 Å². The van der Waals surface area contributed by atoms with E-state index in [0.717, 1.165) is 38.0 Å². The number of nitrogens with one attached hydrogen (secondary N) is 1. The molecule has 1 aromatic rings. The van der Waals surface area contributed by atoms with Gasteiger partial charge in [0, 0.05) is 31.0 Å². The Labute approximate surface area is 131 Å². The molecule has 120 valence electrons. The highest BCUT2D eigenvalue weighted by Gasteiger charge is 2.49. The van der Waals surface area contributed by atoms with Crippen molar-refractivity contribution in [1.29, 1.82) is 0 Å². The molecule has 0 atom stereocenters. The number of hydrogen-bond acceptors (Lipinski definition) is 4. The molecule has 22 heavy (non-hydrogen) atoms. The number of aromatic nitrogens is 1. The van der Waals surface area contributed by atoms with Crippen molar-refractivity contribution in [1.82, 2.24) is 14.6 Å². The van der Waals surface area contributed by atoms with Gasteiger partial charge in [-0.05, 0) is 36.8 Å². The summed E-state index contributed by atoms with van der Waals surface area (Å²) < 4.78 is 25.1. The van der Waals surface area contributed by atoms with Crippen LogP contribution in [0.2, 0.25) is 0 Å². The van der Waals surface area contributed by atoms with Crippen molar-refractivity contribution >= 4 is 15.9 Å². The zero-order valence-electron chi connectivity index (χ0n) is 12.7. The average molecular weight is 323 g/mol. The lowest BCUT2D eigenvalue weighted by Crippen LogP contribution is -2.51. The zero-order valence-corrected chi connectivity index (χ0v) is 13.5. The van der Waals surface area contributed by atoms with E-state index in [0.29, 0.717) is 6.42 Å². The largest absolute Gasteiger partial charge is 0.342 e. The van der Waals surface area contributed by atoms with Crippen molar-refractivity contribution in [3.63, 3.8) is 0 Å². The van der Waals surface area contributed by atoms with E-state index in [4.69, 9.17) is 0 Å². The third-order valence-corrected chi connectivity index (χ3v) is 5.35.